The summed E-state index contributed by atoms with van der Waals surface area (Å²) in [5, 5.41) is 0.130. The molecule has 1 aromatic rings. The molecule has 0 amide bonds. The molecule has 0 aliphatic carbocycles. The first kappa shape index (κ1) is 16.8. The van der Waals surface area contributed by atoms with Gasteiger partial charge in [0.25, 0.3) is 0 Å². The van der Waals surface area contributed by atoms with E-state index in [1.54, 1.807) is 20.8 Å². The summed E-state index contributed by atoms with van der Waals surface area (Å²) in [4.78, 5) is 12.3. The molecule has 0 fully saturated rings. The van der Waals surface area contributed by atoms with Crippen molar-refractivity contribution in [2.75, 3.05) is 13.2 Å². The average Bonchev–Trinajstić information content (AvgIpc) is 2.41. The summed E-state index contributed by atoms with van der Waals surface area (Å²) in [6.07, 6.45) is 1.71. The lowest BCUT2D eigenvalue weighted by atomic mass is 10.1. The summed E-state index contributed by atoms with van der Waals surface area (Å²) >= 11 is 0. The molecule has 0 saturated carbocycles. The van der Waals surface area contributed by atoms with Gasteiger partial charge in [-0.3, -0.25) is 9.36 Å². The maximum absolute atomic E-state index is 12.6. The zero-order valence-corrected chi connectivity index (χ0v) is 13.1. The van der Waals surface area contributed by atoms with E-state index in [1.807, 2.05) is 30.3 Å². The first-order valence-corrected chi connectivity index (χ1v) is 8.24. The number of hydrogen-bond donors (Lipinski definition) is 0. The number of rotatable bonds is 8. The van der Waals surface area contributed by atoms with Crippen LogP contribution in [0, 0.1) is 0 Å². The Morgan fingerprint density at radius 2 is 1.70 bits per heavy atom. The van der Waals surface area contributed by atoms with Crippen molar-refractivity contribution in [3.63, 3.8) is 0 Å². The van der Waals surface area contributed by atoms with Gasteiger partial charge in [0, 0.05) is 6.42 Å². The number of ketones is 1. The fourth-order valence-electron chi connectivity index (χ4n) is 1.86. The van der Waals surface area contributed by atoms with Gasteiger partial charge in [-0.2, -0.15) is 0 Å². The molecule has 0 aromatic heterocycles. The highest BCUT2D eigenvalue weighted by Gasteiger charge is 2.33. The molecular formula is C15H21O4P. The fraction of sp³-hybridized carbons (Fsp3) is 0.400. The molecule has 0 radical (unpaired) electrons. The summed E-state index contributed by atoms with van der Waals surface area (Å²) in [6.45, 7) is 5.57. The van der Waals surface area contributed by atoms with Gasteiger partial charge in [0.2, 0.25) is 0 Å². The van der Waals surface area contributed by atoms with Crippen LogP contribution in [0.4, 0.5) is 0 Å². The highest BCUT2D eigenvalue weighted by atomic mass is 31.2. The van der Waals surface area contributed by atoms with Crippen LogP contribution in [0.3, 0.4) is 0 Å². The van der Waals surface area contributed by atoms with Crippen LogP contribution < -0.4 is 0 Å². The second-order valence-electron chi connectivity index (χ2n) is 4.09. The topological polar surface area (TPSA) is 52.6 Å². The minimum Gasteiger partial charge on any atom is -0.305 e. The maximum Gasteiger partial charge on any atom is 0.364 e. The SMILES string of the molecule is C/C=C(/C(=O)Cc1ccccc1)P(=O)(OCC)OCC. The van der Waals surface area contributed by atoms with Crippen LogP contribution in [0.5, 0.6) is 0 Å². The quantitative estimate of drug-likeness (QED) is 0.538. The Morgan fingerprint density at radius 3 is 2.15 bits per heavy atom. The monoisotopic (exact) mass is 296 g/mol. The molecule has 1 rings (SSSR count). The molecule has 0 bridgehead atoms. The van der Waals surface area contributed by atoms with Crippen molar-refractivity contribution in [2.24, 2.45) is 0 Å². The third-order valence-electron chi connectivity index (χ3n) is 2.66. The minimum atomic E-state index is -3.51. The molecule has 4 nitrogen and oxygen atoms in total. The molecule has 0 saturated heterocycles. The van der Waals surface area contributed by atoms with Crippen molar-refractivity contribution in [3.05, 3.63) is 47.3 Å². The Bertz CT molecular complexity index is 498. The first-order valence-electron chi connectivity index (χ1n) is 6.70. The zero-order valence-electron chi connectivity index (χ0n) is 12.2. The molecule has 0 heterocycles. The molecule has 0 N–H and O–H groups in total. The Morgan fingerprint density at radius 1 is 1.15 bits per heavy atom. The van der Waals surface area contributed by atoms with Gasteiger partial charge in [-0.25, -0.2) is 0 Å². The number of Topliss-reactive ketones (excluding diaryl/α,β-unsaturated/α-hetero) is 1. The van der Waals surface area contributed by atoms with Gasteiger partial charge in [0.1, 0.15) is 5.31 Å². The second-order valence-corrected chi connectivity index (χ2v) is 6.09. The van der Waals surface area contributed by atoms with E-state index >= 15 is 0 Å². The summed E-state index contributed by atoms with van der Waals surface area (Å²) in [5.74, 6) is -0.232. The van der Waals surface area contributed by atoms with E-state index in [9.17, 15) is 9.36 Å². The van der Waals surface area contributed by atoms with Gasteiger partial charge >= 0.3 is 7.60 Å². The second kappa shape index (κ2) is 8.15. The van der Waals surface area contributed by atoms with E-state index in [0.717, 1.165) is 5.56 Å². The van der Waals surface area contributed by atoms with E-state index in [2.05, 4.69) is 0 Å². The third kappa shape index (κ3) is 4.41. The molecule has 0 aliphatic heterocycles. The molecule has 0 spiro atoms. The van der Waals surface area contributed by atoms with Gasteiger partial charge in [-0.05, 0) is 26.3 Å². The van der Waals surface area contributed by atoms with Gasteiger partial charge in [0.15, 0.2) is 5.78 Å². The van der Waals surface area contributed by atoms with Crippen LogP contribution in [0.2, 0.25) is 0 Å². The van der Waals surface area contributed by atoms with E-state index in [0.29, 0.717) is 0 Å². The highest BCUT2D eigenvalue weighted by Crippen LogP contribution is 2.56. The van der Waals surface area contributed by atoms with Crippen molar-refractivity contribution in [2.45, 2.75) is 27.2 Å². The van der Waals surface area contributed by atoms with Crippen molar-refractivity contribution in [3.8, 4) is 0 Å². The number of benzene rings is 1. The van der Waals surface area contributed by atoms with Crippen molar-refractivity contribution in [1.29, 1.82) is 0 Å². The average molecular weight is 296 g/mol. The molecule has 0 unspecified atom stereocenters. The maximum atomic E-state index is 12.6. The molecule has 20 heavy (non-hydrogen) atoms. The molecular weight excluding hydrogens is 275 g/mol. The molecule has 1 aromatic carbocycles. The smallest absolute Gasteiger partial charge is 0.305 e. The van der Waals surface area contributed by atoms with Crippen molar-refractivity contribution >= 4 is 13.4 Å². The lowest BCUT2D eigenvalue weighted by molar-refractivity contribution is -0.114. The lowest BCUT2D eigenvalue weighted by Crippen LogP contribution is -2.10. The van der Waals surface area contributed by atoms with E-state index in [-0.39, 0.29) is 30.7 Å². The van der Waals surface area contributed by atoms with Crippen LogP contribution >= 0.6 is 7.60 Å². The Hall–Kier alpha value is -1.22. The normalized spacial score (nSPS) is 12.4. The predicted molar refractivity (Wildman–Crippen MR) is 79.8 cm³/mol. The molecule has 0 aliphatic rings. The van der Waals surface area contributed by atoms with Gasteiger partial charge in [-0.15, -0.1) is 0 Å². The third-order valence-corrected chi connectivity index (χ3v) is 4.95. The summed E-state index contributed by atoms with van der Waals surface area (Å²) in [6, 6.07) is 9.33. The molecule has 0 atom stereocenters. The first-order chi connectivity index (χ1) is 9.57. The number of allylic oxidation sites excluding steroid dienone is 2. The minimum absolute atomic E-state index is 0.130. The standard InChI is InChI=1S/C15H21O4P/c1-4-15(20(17,18-5-2)19-6-3)14(16)12-13-10-8-7-9-11-13/h4,7-11H,5-6,12H2,1-3H3/b15-4-. The summed E-state index contributed by atoms with van der Waals surface area (Å²) in [5.41, 5.74) is 0.872. The van der Waals surface area contributed by atoms with Crippen molar-refractivity contribution < 1.29 is 18.4 Å². The van der Waals surface area contributed by atoms with Gasteiger partial charge in [0.05, 0.1) is 13.2 Å². The Kier molecular flexibility index (Phi) is 6.86. The molecule has 110 valence electrons. The predicted octanol–water partition coefficient (Wildman–Crippen LogP) is 3.97. The molecule has 5 heteroatoms. The lowest BCUT2D eigenvalue weighted by Gasteiger charge is -2.19. The zero-order chi connectivity index (χ0) is 15.0. The van der Waals surface area contributed by atoms with E-state index < -0.39 is 7.60 Å². The largest absolute Gasteiger partial charge is 0.364 e. The van der Waals surface area contributed by atoms with Crippen LogP contribution in [0.1, 0.15) is 26.3 Å². The summed E-state index contributed by atoms with van der Waals surface area (Å²) in [7, 11) is -3.51. The van der Waals surface area contributed by atoms with Gasteiger partial charge in [-0.1, -0.05) is 36.4 Å². The van der Waals surface area contributed by atoms with Crippen LogP contribution in [-0.4, -0.2) is 19.0 Å². The summed E-state index contributed by atoms with van der Waals surface area (Å²) < 4.78 is 23.1. The van der Waals surface area contributed by atoms with Crippen molar-refractivity contribution in [1.82, 2.24) is 0 Å². The van der Waals surface area contributed by atoms with Crippen LogP contribution in [-0.2, 0) is 24.8 Å². The van der Waals surface area contributed by atoms with Crippen LogP contribution in [0.15, 0.2) is 41.7 Å². The van der Waals surface area contributed by atoms with E-state index in [4.69, 9.17) is 9.05 Å². The number of hydrogen-bond acceptors (Lipinski definition) is 4. The van der Waals surface area contributed by atoms with Gasteiger partial charge < -0.3 is 9.05 Å². The fourth-order valence-corrected chi connectivity index (χ4v) is 3.59. The number of carbonyl (C=O) groups is 1. The highest BCUT2D eigenvalue weighted by molar-refractivity contribution is 7.60. The Labute approximate surface area is 120 Å². The Balaban J connectivity index is 2.94. The van der Waals surface area contributed by atoms with Crippen LogP contribution in [0.25, 0.3) is 0 Å². The van der Waals surface area contributed by atoms with E-state index in [1.165, 1.54) is 6.08 Å². The number of carbonyl (C=O) groups excluding carboxylic acids is 1.